The molecule has 17 heavy (non-hydrogen) atoms. The number of aromatic nitrogens is 1. The average molecular weight is 234 g/mol. The molecule has 0 aliphatic carbocycles. The molecule has 0 radical (unpaired) electrons. The fraction of sp³-hybridized carbons (Fsp3) is 0.538. The number of nitrogens with zero attached hydrogens (tertiary/aromatic N) is 2. The SMILES string of the molecule is Cc1cc(C=O)cnc1N1CCC(C)(O)CC1. The quantitative estimate of drug-likeness (QED) is 0.789. The fourth-order valence-corrected chi connectivity index (χ4v) is 2.19. The number of anilines is 1. The minimum Gasteiger partial charge on any atom is -0.390 e. The number of hydrogen-bond donors (Lipinski definition) is 1. The van der Waals surface area contributed by atoms with Gasteiger partial charge in [-0.05, 0) is 38.3 Å². The van der Waals surface area contributed by atoms with Crippen molar-refractivity contribution < 1.29 is 9.90 Å². The predicted octanol–water partition coefficient (Wildman–Crippen LogP) is 1.55. The second-order valence-corrected chi connectivity index (χ2v) is 5.01. The third-order valence-corrected chi connectivity index (χ3v) is 3.35. The van der Waals surface area contributed by atoms with Crippen molar-refractivity contribution in [1.29, 1.82) is 0 Å². The molecule has 0 spiro atoms. The summed E-state index contributed by atoms with van der Waals surface area (Å²) < 4.78 is 0. The maximum absolute atomic E-state index is 10.6. The molecule has 0 unspecified atom stereocenters. The van der Waals surface area contributed by atoms with Gasteiger partial charge in [-0.2, -0.15) is 0 Å². The summed E-state index contributed by atoms with van der Waals surface area (Å²) in [5, 5.41) is 9.90. The standard InChI is InChI=1S/C13H18N2O2/c1-10-7-11(9-16)8-14-12(10)15-5-3-13(2,17)4-6-15/h7-9,17H,3-6H2,1-2H3. The van der Waals surface area contributed by atoms with Crippen molar-refractivity contribution >= 4 is 12.1 Å². The second-order valence-electron chi connectivity index (χ2n) is 5.01. The molecule has 2 rings (SSSR count). The van der Waals surface area contributed by atoms with Crippen LogP contribution in [0.3, 0.4) is 0 Å². The summed E-state index contributed by atoms with van der Waals surface area (Å²) in [7, 11) is 0. The summed E-state index contributed by atoms with van der Waals surface area (Å²) in [6, 6.07) is 1.85. The van der Waals surface area contributed by atoms with E-state index in [1.807, 2.05) is 19.9 Å². The Bertz CT molecular complexity index is 419. The first-order valence-electron chi connectivity index (χ1n) is 5.91. The number of rotatable bonds is 2. The summed E-state index contributed by atoms with van der Waals surface area (Å²) in [6.07, 6.45) is 3.92. The third kappa shape index (κ3) is 2.64. The van der Waals surface area contributed by atoms with Crippen molar-refractivity contribution in [1.82, 2.24) is 4.98 Å². The van der Waals surface area contributed by atoms with Gasteiger partial charge in [0.25, 0.3) is 0 Å². The van der Waals surface area contributed by atoms with E-state index in [9.17, 15) is 9.90 Å². The molecule has 0 atom stereocenters. The fourth-order valence-electron chi connectivity index (χ4n) is 2.19. The van der Waals surface area contributed by atoms with Crippen LogP contribution < -0.4 is 4.90 Å². The largest absolute Gasteiger partial charge is 0.390 e. The third-order valence-electron chi connectivity index (χ3n) is 3.35. The highest BCUT2D eigenvalue weighted by Gasteiger charge is 2.28. The van der Waals surface area contributed by atoms with Crippen LogP contribution in [0.5, 0.6) is 0 Å². The van der Waals surface area contributed by atoms with Crippen LogP contribution in [-0.2, 0) is 0 Å². The number of pyridine rings is 1. The van der Waals surface area contributed by atoms with Gasteiger partial charge in [0.05, 0.1) is 5.60 Å². The maximum Gasteiger partial charge on any atom is 0.151 e. The summed E-state index contributed by atoms with van der Waals surface area (Å²) in [5.41, 5.74) is 1.07. The summed E-state index contributed by atoms with van der Waals surface area (Å²) in [4.78, 5) is 17.1. The number of hydrogen-bond acceptors (Lipinski definition) is 4. The molecule has 0 aromatic carbocycles. The van der Waals surface area contributed by atoms with Crippen molar-refractivity contribution in [3.8, 4) is 0 Å². The van der Waals surface area contributed by atoms with Gasteiger partial charge in [-0.3, -0.25) is 4.79 Å². The normalized spacial score (nSPS) is 19.1. The van der Waals surface area contributed by atoms with E-state index < -0.39 is 5.60 Å². The molecule has 1 N–H and O–H groups in total. The van der Waals surface area contributed by atoms with Gasteiger partial charge in [0.2, 0.25) is 0 Å². The Kier molecular flexibility index (Phi) is 3.15. The van der Waals surface area contributed by atoms with Gasteiger partial charge < -0.3 is 10.0 Å². The molecule has 0 saturated carbocycles. The Morgan fingerprint density at radius 1 is 1.47 bits per heavy atom. The monoisotopic (exact) mass is 234 g/mol. The van der Waals surface area contributed by atoms with Crippen molar-refractivity contribution in [3.05, 3.63) is 23.4 Å². The zero-order valence-electron chi connectivity index (χ0n) is 10.3. The van der Waals surface area contributed by atoms with Crippen LogP contribution in [0.4, 0.5) is 5.82 Å². The number of aldehydes is 1. The molecular weight excluding hydrogens is 216 g/mol. The lowest BCUT2D eigenvalue weighted by atomic mass is 9.93. The highest BCUT2D eigenvalue weighted by Crippen LogP contribution is 2.26. The molecular formula is C13H18N2O2. The topological polar surface area (TPSA) is 53.4 Å². The number of carbonyl (C=O) groups excluding carboxylic acids is 1. The van der Waals surface area contributed by atoms with Gasteiger partial charge >= 0.3 is 0 Å². The molecule has 4 nitrogen and oxygen atoms in total. The van der Waals surface area contributed by atoms with E-state index in [0.717, 1.165) is 43.6 Å². The van der Waals surface area contributed by atoms with Crippen molar-refractivity contribution in [2.24, 2.45) is 0 Å². The molecule has 2 heterocycles. The molecule has 1 aliphatic heterocycles. The summed E-state index contributed by atoms with van der Waals surface area (Å²) >= 11 is 0. The molecule has 1 saturated heterocycles. The van der Waals surface area contributed by atoms with Crippen LogP contribution in [-0.4, -0.2) is 35.1 Å². The molecule has 1 fully saturated rings. The van der Waals surface area contributed by atoms with E-state index in [1.165, 1.54) is 0 Å². The average Bonchev–Trinajstić information content (AvgIpc) is 2.29. The molecule has 1 aromatic heterocycles. The van der Waals surface area contributed by atoms with E-state index in [2.05, 4.69) is 9.88 Å². The van der Waals surface area contributed by atoms with Gasteiger partial charge in [-0.1, -0.05) is 0 Å². The molecule has 1 aliphatic rings. The Balaban J connectivity index is 2.16. The van der Waals surface area contributed by atoms with Gasteiger partial charge in [0, 0.05) is 24.8 Å². The van der Waals surface area contributed by atoms with Crippen molar-refractivity contribution in [3.63, 3.8) is 0 Å². The summed E-state index contributed by atoms with van der Waals surface area (Å²) in [6.45, 7) is 5.45. The second kappa shape index (κ2) is 4.45. The Hall–Kier alpha value is -1.42. The smallest absolute Gasteiger partial charge is 0.151 e. The zero-order valence-corrected chi connectivity index (χ0v) is 10.3. The van der Waals surface area contributed by atoms with Crippen LogP contribution in [0.15, 0.2) is 12.3 Å². The Morgan fingerprint density at radius 2 is 2.12 bits per heavy atom. The minimum atomic E-state index is -0.548. The molecule has 1 aromatic rings. The number of piperidine rings is 1. The summed E-state index contributed by atoms with van der Waals surface area (Å²) in [5.74, 6) is 0.922. The van der Waals surface area contributed by atoms with E-state index in [4.69, 9.17) is 0 Å². The minimum absolute atomic E-state index is 0.548. The first kappa shape index (κ1) is 12.0. The van der Waals surface area contributed by atoms with Crippen LogP contribution in [0.1, 0.15) is 35.7 Å². The van der Waals surface area contributed by atoms with Crippen LogP contribution in [0.25, 0.3) is 0 Å². The van der Waals surface area contributed by atoms with E-state index >= 15 is 0 Å². The van der Waals surface area contributed by atoms with E-state index in [1.54, 1.807) is 6.20 Å². The van der Waals surface area contributed by atoms with Gasteiger partial charge in [-0.15, -0.1) is 0 Å². The molecule has 0 bridgehead atoms. The van der Waals surface area contributed by atoms with Crippen molar-refractivity contribution in [2.75, 3.05) is 18.0 Å². The molecule has 0 amide bonds. The first-order valence-corrected chi connectivity index (χ1v) is 5.91. The van der Waals surface area contributed by atoms with Crippen LogP contribution in [0, 0.1) is 6.92 Å². The molecule has 4 heteroatoms. The van der Waals surface area contributed by atoms with Gasteiger partial charge in [0.15, 0.2) is 6.29 Å². The highest BCUT2D eigenvalue weighted by atomic mass is 16.3. The lowest BCUT2D eigenvalue weighted by Gasteiger charge is -2.37. The van der Waals surface area contributed by atoms with Crippen LogP contribution in [0.2, 0.25) is 0 Å². The predicted molar refractivity (Wildman–Crippen MR) is 66.4 cm³/mol. The lowest BCUT2D eigenvalue weighted by Crippen LogP contribution is -2.43. The van der Waals surface area contributed by atoms with Gasteiger partial charge in [0.1, 0.15) is 5.82 Å². The lowest BCUT2D eigenvalue weighted by molar-refractivity contribution is 0.0350. The first-order chi connectivity index (χ1) is 8.02. The zero-order chi connectivity index (χ0) is 12.5. The van der Waals surface area contributed by atoms with Crippen LogP contribution >= 0.6 is 0 Å². The highest BCUT2D eigenvalue weighted by molar-refractivity contribution is 5.75. The number of aliphatic hydroxyl groups is 1. The number of carbonyl (C=O) groups is 1. The van der Waals surface area contributed by atoms with E-state index in [-0.39, 0.29) is 0 Å². The molecule has 92 valence electrons. The maximum atomic E-state index is 10.6. The van der Waals surface area contributed by atoms with Gasteiger partial charge in [-0.25, -0.2) is 4.98 Å². The Morgan fingerprint density at radius 3 is 2.65 bits per heavy atom. The number of aryl methyl sites for hydroxylation is 1. The van der Waals surface area contributed by atoms with E-state index in [0.29, 0.717) is 5.56 Å². The van der Waals surface area contributed by atoms with Crippen molar-refractivity contribution in [2.45, 2.75) is 32.3 Å². The Labute approximate surface area is 101 Å².